The highest BCUT2D eigenvalue weighted by Crippen LogP contribution is 2.32. The standard InChI is InChI=1S/C24H31N3O3/c1-3-19-4-7-21(8-5-19)18(2)25-24(28)16-27-12-10-26(11-13-27)15-20-6-9-22-23(14-20)30-17-29-22/h4-9,14,18H,3,10-13,15-17H2,1-2H3,(H,25,28)/t18-/m1/s1. The van der Waals surface area contributed by atoms with Gasteiger partial charge in [0.1, 0.15) is 0 Å². The van der Waals surface area contributed by atoms with Gasteiger partial charge in [-0.25, -0.2) is 0 Å². The van der Waals surface area contributed by atoms with E-state index in [4.69, 9.17) is 9.47 Å². The first kappa shape index (κ1) is 20.7. The lowest BCUT2D eigenvalue weighted by atomic mass is 10.0. The number of piperazine rings is 1. The molecule has 1 amide bonds. The van der Waals surface area contributed by atoms with E-state index in [0.29, 0.717) is 13.3 Å². The van der Waals surface area contributed by atoms with Crippen LogP contribution in [0, 0.1) is 0 Å². The first-order chi connectivity index (χ1) is 14.6. The molecule has 1 N–H and O–H groups in total. The highest BCUT2D eigenvalue weighted by molar-refractivity contribution is 5.78. The molecular formula is C24H31N3O3. The monoisotopic (exact) mass is 409 g/mol. The zero-order chi connectivity index (χ0) is 20.9. The minimum Gasteiger partial charge on any atom is -0.454 e. The Morgan fingerprint density at radius 2 is 1.63 bits per heavy atom. The average molecular weight is 410 g/mol. The number of fused-ring (bicyclic) bond motifs is 1. The molecule has 1 atom stereocenters. The summed E-state index contributed by atoms with van der Waals surface area (Å²) in [7, 11) is 0. The zero-order valence-electron chi connectivity index (χ0n) is 17.9. The van der Waals surface area contributed by atoms with E-state index in [1.807, 2.05) is 13.0 Å². The van der Waals surface area contributed by atoms with Gasteiger partial charge in [0, 0.05) is 32.7 Å². The Morgan fingerprint density at radius 3 is 2.37 bits per heavy atom. The molecule has 4 rings (SSSR count). The highest BCUT2D eigenvalue weighted by Gasteiger charge is 2.21. The summed E-state index contributed by atoms with van der Waals surface area (Å²) in [6.45, 7) is 9.55. The molecule has 0 bridgehead atoms. The predicted octanol–water partition coefficient (Wildman–Crippen LogP) is 2.97. The molecule has 1 saturated heterocycles. The molecule has 2 aromatic rings. The number of nitrogens with zero attached hydrogens (tertiary/aromatic N) is 2. The van der Waals surface area contributed by atoms with Crippen molar-refractivity contribution in [2.24, 2.45) is 0 Å². The molecule has 2 aliphatic heterocycles. The summed E-state index contributed by atoms with van der Waals surface area (Å²) < 4.78 is 10.9. The molecule has 1 fully saturated rings. The van der Waals surface area contributed by atoms with E-state index in [2.05, 4.69) is 58.4 Å². The second-order valence-corrected chi connectivity index (χ2v) is 8.12. The van der Waals surface area contributed by atoms with Crippen molar-refractivity contribution >= 4 is 5.91 Å². The summed E-state index contributed by atoms with van der Waals surface area (Å²) in [5, 5.41) is 3.14. The maximum absolute atomic E-state index is 12.5. The molecule has 0 radical (unpaired) electrons. The van der Waals surface area contributed by atoms with Gasteiger partial charge in [-0.05, 0) is 42.2 Å². The largest absolute Gasteiger partial charge is 0.454 e. The molecule has 2 aliphatic rings. The van der Waals surface area contributed by atoms with E-state index in [-0.39, 0.29) is 11.9 Å². The van der Waals surface area contributed by atoms with Crippen LogP contribution in [0.15, 0.2) is 42.5 Å². The lowest BCUT2D eigenvalue weighted by Crippen LogP contribution is -2.49. The minimum atomic E-state index is 0.0238. The summed E-state index contributed by atoms with van der Waals surface area (Å²) in [5.41, 5.74) is 3.69. The van der Waals surface area contributed by atoms with Crippen LogP contribution in [-0.2, 0) is 17.8 Å². The number of ether oxygens (including phenoxy) is 2. The number of carbonyl (C=O) groups excluding carboxylic acids is 1. The number of nitrogens with one attached hydrogen (secondary N) is 1. The van der Waals surface area contributed by atoms with Crippen LogP contribution >= 0.6 is 0 Å². The number of rotatable bonds is 7. The van der Waals surface area contributed by atoms with Crippen LogP contribution in [0.4, 0.5) is 0 Å². The van der Waals surface area contributed by atoms with Crippen molar-refractivity contribution in [1.82, 2.24) is 15.1 Å². The van der Waals surface area contributed by atoms with Gasteiger partial charge in [-0.3, -0.25) is 14.6 Å². The van der Waals surface area contributed by atoms with Gasteiger partial charge in [0.15, 0.2) is 11.5 Å². The fraction of sp³-hybridized carbons (Fsp3) is 0.458. The number of hydrogen-bond donors (Lipinski definition) is 1. The van der Waals surface area contributed by atoms with Crippen LogP contribution in [0.5, 0.6) is 11.5 Å². The Kier molecular flexibility index (Phi) is 6.55. The van der Waals surface area contributed by atoms with E-state index < -0.39 is 0 Å². The number of benzene rings is 2. The zero-order valence-corrected chi connectivity index (χ0v) is 17.9. The highest BCUT2D eigenvalue weighted by atomic mass is 16.7. The van der Waals surface area contributed by atoms with Crippen molar-refractivity contribution in [2.45, 2.75) is 32.9 Å². The first-order valence-electron chi connectivity index (χ1n) is 10.8. The summed E-state index contributed by atoms with van der Waals surface area (Å²) in [6.07, 6.45) is 1.03. The van der Waals surface area contributed by atoms with Gasteiger partial charge in [-0.1, -0.05) is 37.3 Å². The molecule has 2 heterocycles. The molecule has 0 spiro atoms. The van der Waals surface area contributed by atoms with Gasteiger partial charge in [-0.15, -0.1) is 0 Å². The van der Waals surface area contributed by atoms with Crippen molar-refractivity contribution in [1.29, 1.82) is 0 Å². The maximum atomic E-state index is 12.5. The Bertz CT molecular complexity index is 860. The quantitative estimate of drug-likeness (QED) is 0.762. The van der Waals surface area contributed by atoms with Crippen LogP contribution in [0.1, 0.15) is 36.6 Å². The third-order valence-corrected chi connectivity index (χ3v) is 5.94. The smallest absolute Gasteiger partial charge is 0.234 e. The van der Waals surface area contributed by atoms with Crippen LogP contribution in [-0.4, -0.2) is 55.2 Å². The average Bonchev–Trinajstić information content (AvgIpc) is 3.23. The lowest BCUT2D eigenvalue weighted by Gasteiger charge is -2.34. The number of carbonyl (C=O) groups is 1. The lowest BCUT2D eigenvalue weighted by molar-refractivity contribution is -0.123. The molecule has 0 saturated carbocycles. The summed E-state index contributed by atoms with van der Waals surface area (Å²) in [4.78, 5) is 17.2. The van der Waals surface area contributed by atoms with Crippen molar-refractivity contribution in [3.8, 4) is 11.5 Å². The molecule has 30 heavy (non-hydrogen) atoms. The van der Waals surface area contributed by atoms with Crippen molar-refractivity contribution in [3.05, 3.63) is 59.2 Å². The molecule has 0 unspecified atom stereocenters. The fourth-order valence-electron chi connectivity index (χ4n) is 4.02. The van der Waals surface area contributed by atoms with E-state index in [9.17, 15) is 4.79 Å². The second kappa shape index (κ2) is 9.49. The van der Waals surface area contributed by atoms with Gasteiger partial charge in [0.25, 0.3) is 0 Å². The van der Waals surface area contributed by atoms with Crippen LogP contribution in [0.25, 0.3) is 0 Å². The minimum absolute atomic E-state index is 0.0238. The molecular weight excluding hydrogens is 378 g/mol. The fourth-order valence-corrected chi connectivity index (χ4v) is 4.02. The van der Waals surface area contributed by atoms with Crippen LogP contribution < -0.4 is 14.8 Å². The van der Waals surface area contributed by atoms with Gasteiger partial charge in [-0.2, -0.15) is 0 Å². The van der Waals surface area contributed by atoms with Crippen molar-refractivity contribution in [2.75, 3.05) is 39.5 Å². The van der Waals surface area contributed by atoms with E-state index in [0.717, 1.165) is 56.2 Å². The number of aryl methyl sites for hydroxylation is 1. The first-order valence-corrected chi connectivity index (χ1v) is 10.8. The maximum Gasteiger partial charge on any atom is 0.234 e. The molecule has 160 valence electrons. The van der Waals surface area contributed by atoms with E-state index in [1.165, 1.54) is 11.1 Å². The molecule has 0 aliphatic carbocycles. The summed E-state index contributed by atoms with van der Waals surface area (Å²) in [6, 6.07) is 14.7. The SMILES string of the molecule is CCc1ccc([C@@H](C)NC(=O)CN2CCN(Cc3ccc4c(c3)OCO4)CC2)cc1. The predicted molar refractivity (Wildman–Crippen MR) is 117 cm³/mol. The van der Waals surface area contributed by atoms with Crippen LogP contribution in [0.2, 0.25) is 0 Å². The van der Waals surface area contributed by atoms with Crippen LogP contribution in [0.3, 0.4) is 0 Å². The summed E-state index contributed by atoms with van der Waals surface area (Å²) >= 11 is 0. The molecule has 6 nitrogen and oxygen atoms in total. The van der Waals surface area contributed by atoms with Crippen molar-refractivity contribution in [3.63, 3.8) is 0 Å². The Morgan fingerprint density at radius 1 is 0.967 bits per heavy atom. The third kappa shape index (κ3) is 5.12. The topological polar surface area (TPSA) is 54.0 Å². The Balaban J connectivity index is 1.20. The number of hydrogen-bond acceptors (Lipinski definition) is 5. The third-order valence-electron chi connectivity index (χ3n) is 5.94. The van der Waals surface area contributed by atoms with Crippen molar-refractivity contribution < 1.29 is 14.3 Å². The Labute approximate surface area is 178 Å². The summed E-state index contributed by atoms with van der Waals surface area (Å²) in [5.74, 6) is 1.75. The van der Waals surface area contributed by atoms with Gasteiger partial charge in [0.2, 0.25) is 12.7 Å². The van der Waals surface area contributed by atoms with Gasteiger partial charge in [0.05, 0.1) is 12.6 Å². The number of amides is 1. The van der Waals surface area contributed by atoms with Gasteiger partial charge < -0.3 is 14.8 Å². The Hall–Kier alpha value is -2.57. The van der Waals surface area contributed by atoms with Gasteiger partial charge >= 0.3 is 0 Å². The van der Waals surface area contributed by atoms with E-state index >= 15 is 0 Å². The molecule has 6 heteroatoms. The molecule has 0 aromatic heterocycles. The normalized spacial score (nSPS) is 17.7. The second-order valence-electron chi connectivity index (χ2n) is 8.12. The van der Waals surface area contributed by atoms with E-state index in [1.54, 1.807) is 0 Å². The molecule has 2 aromatic carbocycles.